The van der Waals surface area contributed by atoms with Crippen LogP contribution in [0, 0.1) is 4.51 Å². The molecule has 1 aromatic carbocycles. The van der Waals surface area contributed by atoms with Gasteiger partial charge < -0.3 is 0 Å². The molecule has 2 heteroatoms. The van der Waals surface area contributed by atoms with E-state index in [9.17, 15) is 0 Å². The van der Waals surface area contributed by atoms with E-state index >= 15 is 0 Å². The van der Waals surface area contributed by atoms with E-state index in [4.69, 9.17) is 12.2 Å². The Labute approximate surface area is 70.3 Å². The van der Waals surface area contributed by atoms with Crippen LogP contribution in [0.1, 0.15) is 0 Å². The lowest BCUT2D eigenvalue weighted by Gasteiger charge is -1.86. The molecule has 1 aromatic rings. The molecule has 0 atom stereocenters. The van der Waals surface area contributed by atoms with E-state index in [1.165, 1.54) is 4.90 Å². The van der Waals surface area contributed by atoms with Gasteiger partial charge in [-0.15, -0.1) is 11.8 Å². The highest BCUT2D eigenvalue weighted by molar-refractivity contribution is 7.98. The Kier molecular flexibility index (Phi) is 2.90. The summed E-state index contributed by atoms with van der Waals surface area (Å²) in [4.78, 5) is 1.17. The molecule has 1 rings (SSSR count). The van der Waals surface area contributed by atoms with Crippen LogP contribution >= 0.6 is 24.0 Å². The first kappa shape index (κ1) is 7.76. The molecular weight excluding hydrogens is 160 g/mol. The van der Waals surface area contributed by atoms with Crippen LogP contribution in [0.2, 0.25) is 0 Å². The fraction of sp³-hybridized carbons (Fsp3) is 0.125. The molecule has 0 aliphatic heterocycles. The van der Waals surface area contributed by atoms with Crippen LogP contribution in [0.4, 0.5) is 0 Å². The van der Waals surface area contributed by atoms with Crippen molar-refractivity contribution in [2.24, 2.45) is 0 Å². The second-order valence-corrected chi connectivity index (χ2v) is 3.13. The van der Waals surface area contributed by atoms with E-state index < -0.39 is 0 Å². The predicted octanol–water partition coefficient (Wildman–Crippen LogP) is 3.14. The van der Waals surface area contributed by atoms with Crippen molar-refractivity contribution in [2.45, 2.75) is 4.90 Å². The lowest BCUT2D eigenvalue weighted by molar-refractivity contribution is 1.49. The minimum absolute atomic E-state index is 0.928. The van der Waals surface area contributed by atoms with Crippen LogP contribution in [-0.4, -0.2) is 6.26 Å². The normalized spacial score (nSPS) is 9.30. The number of thioether (sulfide) groups is 1. The quantitative estimate of drug-likeness (QED) is 0.467. The molecule has 0 unspecified atom stereocenters. The molecule has 0 fully saturated rings. The second-order valence-electron chi connectivity index (χ2n) is 1.84. The number of hydrogen-bond acceptors (Lipinski definition) is 2. The van der Waals surface area contributed by atoms with Gasteiger partial charge in [-0.3, -0.25) is 0 Å². The molecule has 0 heterocycles. The molecule has 0 nitrogen and oxygen atoms in total. The molecule has 0 amide bonds. The highest BCUT2D eigenvalue weighted by atomic mass is 32.2. The van der Waals surface area contributed by atoms with Crippen LogP contribution in [0.15, 0.2) is 35.2 Å². The maximum atomic E-state index is 5.10. The first-order valence-corrected chi connectivity index (χ1v) is 4.61. The fourth-order valence-electron chi connectivity index (χ4n) is 0.683. The summed E-state index contributed by atoms with van der Waals surface area (Å²) in [6.45, 7) is 0. The molecule has 0 aliphatic carbocycles. The van der Waals surface area contributed by atoms with Crippen molar-refractivity contribution in [3.8, 4) is 0 Å². The molecule has 0 N–H and O–H groups in total. The van der Waals surface area contributed by atoms with E-state index in [2.05, 4.69) is 0 Å². The Balaban J connectivity index is 3.28. The lowest BCUT2D eigenvalue weighted by Crippen LogP contribution is -1.61. The molecule has 0 saturated heterocycles. The topological polar surface area (TPSA) is 0 Å². The van der Waals surface area contributed by atoms with Crippen LogP contribution in [0.3, 0.4) is 0 Å². The molecule has 0 radical (unpaired) electrons. The van der Waals surface area contributed by atoms with Gasteiger partial charge in [0, 0.05) is 4.90 Å². The van der Waals surface area contributed by atoms with Gasteiger partial charge in [0.25, 0.3) is 0 Å². The average Bonchev–Trinajstić information content (AvgIpc) is 2.13. The standard InChI is InChI=1S/C8H8S2/c1-10-8-6-4-2-3-5-7(8)9/h2-6H,1H3. The second kappa shape index (κ2) is 3.74. The minimum atomic E-state index is 0.928. The monoisotopic (exact) mass is 168 g/mol. The molecule has 0 aliphatic rings. The summed E-state index contributed by atoms with van der Waals surface area (Å²) in [5.41, 5.74) is 0. The largest absolute Gasteiger partial charge is 0.128 e. The molecular formula is C8H8S2. The fourth-order valence-corrected chi connectivity index (χ4v) is 1.56. The van der Waals surface area contributed by atoms with Gasteiger partial charge in [0.1, 0.15) is 0 Å². The first-order chi connectivity index (χ1) is 4.84. The third kappa shape index (κ3) is 1.82. The summed E-state index contributed by atoms with van der Waals surface area (Å²) in [7, 11) is 0. The van der Waals surface area contributed by atoms with Gasteiger partial charge in [-0.25, -0.2) is 0 Å². The SMILES string of the molecule is CSc1cccccc1=S. The zero-order chi connectivity index (χ0) is 7.40. The lowest BCUT2D eigenvalue weighted by atomic mass is 10.5. The average molecular weight is 168 g/mol. The van der Waals surface area contributed by atoms with Gasteiger partial charge in [-0.2, -0.15) is 0 Å². The van der Waals surface area contributed by atoms with Gasteiger partial charge in [-0.05, 0) is 18.4 Å². The van der Waals surface area contributed by atoms with Crippen molar-refractivity contribution in [2.75, 3.05) is 6.26 Å². The smallest absolute Gasteiger partial charge is 0.0512 e. The summed E-state index contributed by atoms with van der Waals surface area (Å²) < 4.78 is 0.928. The van der Waals surface area contributed by atoms with Crippen molar-refractivity contribution < 1.29 is 0 Å². The summed E-state index contributed by atoms with van der Waals surface area (Å²) >= 11 is 6.78. The van der Waals surface area contributed by atoms with Crippen LogP contribution in [0.5, 0.6) is 0 Å². The van der Waals surface area contributed by atoms with Gasteiger partial charge in [0.15, 0.2) is 0 Å². The summed E-state index contributed by atoms with van der Waals surface area (Å²) in [6, 6.07) is 9.92. The van der Waals surface area contributed by atoms with Gasteiger partial charge in [0.05, 0.1) is 4.51 Å². The Bertz CT molecular complexity index is 268. The van der Waals surface area contributed by atoms with E-state index in [0.717, 1.165) is 4.51 Å². The zero-order valence-electron chi connectivity index (χ0n) is 5.70. The van der Waals surface area contributed by atoms with E-state index in [0.29, 0.717) is 0 Å². The number of hydrogen-bond donors (Lipinski definition) is 0. The first-order valence-electron chi connectivity index (χ1n) is 2.98. The van der Waals surface area contributed by atoms with Crippen molar-refractivity contribution in [3.63, 3.8) is 0 Å². The maximum absolute atomic E-state index is 5.10. The number of rotatable bonds is 1. The molecule has 0 spiro atoms. The van der Waals surface area contributed by atoms with Gasteiger partial charge in [0.2, 0.25) is 0 Å². The molecule has 0 bridgehead atoms. The van der Waals surface area contributed by atoms with E-state index in [1.807, 2.05) is 36.6 Å². The zero-order valence-corrected chi connectivity index (χ0v) is 7.34. The Hall–Kier alpha value is -0.340. The van der Waals surface area contributed by atoms with E-state index in [1.54, 1.807) is 11.8 Å². The molecule has 0 saturated carbocycles. The van der Waals surface area contributed by atoms with Crippen molar-refractivity contribution in [3.05, 3.63) is 34.8 Å². The van der Waals surface area contributed by atoms with Gasteiger partial charge in [-0.1, -0.05) is 30.4 Å². The summed E-state index contributed by atoms with van der Waals surface area (Å²) in [6.07, 6.45) is 2.03. The van der Waals surface area contributed by atoms with Crippen LogP contribution < -0.4 is 0 Å². The molecule has 10 heavy (non-hydrogen) atoms. The van der Waals surface area contributed by atoms with Crippen molar-refractivity contribution in [1.29, 1.82) is 0 Å². The van der Waals surface area contributed by atoms with Gasteiger partial charge >= 0.3 is 0 Å². The minimum Gasteiger partial charge on any atom is -0.128 e. The highest BCUT2D eigenvalue weighted by Crippen LogP contribution is 2.13. The van der Waals surface area contributed by atoms with E-state index in [-0.39, 0.29) is 0 Å². The summed E-state index contributed by atoms with van der Waals surface area (Å²) in [5, 5.41) is 0. The highest BCUT2D eigenvalue weighted by Gasteiger charge is 1.86. The maximum Gasteiger partial charge on any atom is 0.0512 e. The molecule has 0 aromatic heterocycles. The Morgan fingerprint density at radius 1 is 1.20 bits per heavy atom. The summed E-state index contributed by atoms with van der Waals surface area (Å²) in [5.74, 6) is 0. The van der Waals surface area contributed by atoms with Crippen molar-refractivity contribution >= 4 is 24.0 Å². The predicted molar refractivity (Wildman–Crippen MR) is 49.1 cm³/mol. The van der Waals surface area contributed by atoms with Crippen molar-refractivity contribution in [1.82, 2.24) is 0 Å². The third-order valence-electron chi connectivity index (χ3n) is 1.18. The van der Waals surface area contributed by atoms with Crippen LogP contribution in [0.25, 0.3) is 0 Å². The van der Waals surface area contributed by atoms with Crippen LogP contribution in [-0.2, 0) is 0 Å². The Morgan fingerprint density at radius 3 is 2.60 bits per heavy atom. The Morgan fingerprint density at radius 2 is 1.90 bits per heavy atom. The molecule has 52 valence electrons. The third-order valence-corrected chi connectivity index (χ3v) is 2.46.